The molecule has 0 atom stereocenters. The molecule has 1 heterocycles. The van der Waals surface area contributed by atoms with Gasteiger partial charge in [-0.1, -0.05) is 0 Å². The van der Waals surface area contributed by atoms with Crippen molar-refractivity contribution in [3.05, 3.63) is 41.2 Å². The minimum absolute atomic E-state index is 0.0377. The fraction of sp³-hybridized carbons (Fsp3) is 0.214. The molecule has 7 heteroatoms. The van der Waals surface area contributed by atoms with Crippen LogP contribution in [0.5, 0.6) is 5.75 Å². The lowest BCUT2D eigenvalue weighted by Gasteiger charge is -2.09. The van der Waals surface area contributed by atoms with E-state index in [9.17, 15) is 14.7 Å². The molecule has 0 fully saturated rings. The van der Waals surface area contributed by atoms with Crippen LogP contribution in [0.4, 0.5) is 5.69 Å². The van der Waals surface area contributed by atoms with Gasteiger partial charge in [-0.05, 0) is 25.1 Å². The van der Waals surface area contributed by atoms with Gasteiger partial charge in [0.05, 0.1) is 29.6 Å². The van der Waals surface area contributed by atoms with Crippen LogP contribution in [-0.2, 0) is 7.05 Å². The first-order chi connectivity index (χ1) is 9.92. The highest BCUT2D eigenvalue weighted by molar-refractivity contribution is 6.08. The predicted octanol–water partition coefficient (Wildman–Crippen LogP) is 1.69. The number of carboxylic acids is 1. The zero-order chi connectivity index (χ0) is 15.6. The van der Waals surface area contributed by atoms with E-state index in [1.807, 2.05) is 0 Å². The Morgan fingerprint density at radius 3 is 2.57 bits per heavy atom. The number of aromatic nitrogens is 2. The number of hydrogen-bond acceptors (Lipinski definition) is 4. The van der Waals surface area contributed by atoms with Crippen LogP contribution in [0.15, 0.2) is 24.4 Å². The summed E-state index contributed by atoms with van der Waals surface area (Å²) in [4.78, 5) is 23.4. The van der Waals surface area contributed by atoms with Crippen molar-refractivity contribution in [1.82, 2.24) is 9.78 Å². The van der Waals surface area contributed by atoms with Crippen LogP contribution in [0.2, 0.25) is 0 Å². The number of nitrogens with zero attached hydrogens (tertiary/aromatic N) is 2. The van der Waals surface area contributed by atoms with Gasteiger partial charge in [0.15, 0.2) is 0 Å². The van der Waals surface area contributed by atoms with E-state index in [1.165, 1.54) is 23.9 Å². The molecule has 1 aromatic heterocycles. The molecule has 110 valence electrons. The second-order valence-electron chi connectivity index (χ2n) is 4.47. The number of anilines is 1. The third-order valence-electron chi connectivity index (χ3n) is 2.96. The average molecular weight is 289 g/mol. The van der Waals surface area contributed by atoms with Gasteiger partial charge in [-0.15, -0.1) is 0 Å². The number of aromatic carboxylic acids is 1. The van der Waals surface area contributed by atoms with Crippen LogP contribution >= 0.6 is 0 Å². The van der Waals surface area contributed by atoms with E-state index in [1.54, 1.807) is 26.2 Å². The first-order valence-corrected chi connectivity index (χ1v) is 6.15. The summed E-state index contributed by atoms with van der Waals surface area (Å²) in [5.41, 5.74) is 1.13. The lowest BCUT2D eigenvalue weighted by atomic mass is 10.1. The van der Waals surface area contributed by atoms with Gasteiger partial charge < -0.3 is 15.2 Å². The molecule has 0 aliphatic rings. The predicted molar refractivity (Wildman–Crippen MR) is 75.9 cm³/mol. The summed E-state index contributed by atoms with van der Waals surface area (Å²) in [6, 6.07) is 4.43. The number of carboxylic acid groups (broad SMARTS) is 1. The Morgan fingerprint density at radius 2 is 2.05 bits per heavy atom. The minimum atomic E-state index is -1.15. The largest absolute Gasteiger partial charge is 0.497 e. The van der Waals surface area contributed by atoms with Gasteiger partial charge in [-0.3, -0.25) is 9.48 Å². The Kier molecular flexibility index (Phi) is 3.93. The molecule has 0 radical (unpaired) electrons. The first kappa shape index (κ1) is 14.6. The maximum absolute atomic E-state index is 12.2. The van der Waals surface area contributed by atoms with Gasteiger partial charge >= 0.3 is 5.97 Å². The highest BCUT2D eigenvalue weighted by atomic mass is 16.5. The molecule has 0 unspecified atom stereocenters. The van der Waals surface area contributed by atoms with Gasteiger partial charge in [0.2, 0.25) is 0 Å². The minimum Gasteiger partial charge on any atom is -0.497 e. The second kappa shape index (κ2) is 5.66. The average Bonchev–Trinajstić information content (AvgIpc) is 2.78. The monoisotopic (exact) mass is 289 g/mol. The maximum atomic E-state index is 12.2. The molecule has 7 nitrogen and oxygen atoms in total. The number of rotatable bonds is 4. The summed E-state index contributed by atoms with van der Waals surface area (Å²) in [6.07, 6.45) is 1.58. The molecule has 2 aromatic rings. The summed E-state index contributed by atoms with van der Waals surface area (Å²) in [7, 11) is 3.15. The first-order valence-electron chi connectivity index (χ1n) is 6.15. The number of aryl methyl sites for hydroxylation is 2. The number of benzene rings is 1. The third-order valence-corrected chi connectivity index (χ3v) is 2.96. The van der Waals surface area contributed by atoms with Gasteiger partial charge in [-0.25, -0.2) is 4.79 Å². The molecule has 0 saturated carbocycles. The van der Waals surface area contributed by atoms with Crippen LogP contribution in [0.3, 0.4) is 0 Å². The lowest BCUT2D eigenvalue weighted by molar-refractivity contribution is 0.0697. The fourth-order valence-corrected chi connectivity index (χ4v) is 1.95. The number of carbonyl (C=O) groups is 2. The summed E-state index contributed by atoms with van der Waals surface area (Å²) in [6.45, 7) is 1.71. The van der Waals surface area contributed by atoms with Crippen molar-refractivity contribution in [3.63, 3.8) is 0 Å². The van der Waals surface area contributed by atoms with E-state index in [-0.39, 0.29) is 11.3 Å². The van der Waals surface area contributed by atoms with Crippen LogP contribution in [0, 0.1) is 6.92 Å². The van der Waals surface area contributed by atoms with E-state index in [2.05, 4.69) is 10.4 Å². The molecule has 21 heavy (non-hydrogen) atoms. The van der Waals surface area contributed by atoms with Crippen molar-refractivity contribution in [3.8, 4) is 5.75 Å². The number of methoxy groups -OCH3 is 1. The smallest absolute Gasteiger partial charge is 0.337 e. The summed E-state index contributed by atoms with van der Waals surface area (Å²) in [5.74, 6) is -1.15. The van der Waals surface area contributed by atoms with Crippen molar-refractivity contribution >= 4 is 17.6 Å². The molecule has 0 bridgehead atoms. The molecule has 1 amide bonds. The highest BCUT2D eigenvalue weighted by Gasteiger charge is 2.17. The van der Waals surface area contributed by atoms with Crippen molar-refractivity contribution in [2.75, 3.05) is 12.4 Å². The Morgan fingerprint density at radius 1 is 1.33 bits per heavy atom. The number of ether oxygens (including phenoxy) is 1. The van der Waals surface area contributed by atoms with E-state index in [4.69, 9.17) is 4.74 Å². The van der Waals surface area contributed by atoms with Crippen LogP contribution < -0.4 is 10.1 Å². The van der Waals surface area contributed by atoms with E-state index >= 15 is 0 Å². The zero-order valence-electron chi connectivity index (χ0n) is 11.9. The molecule has 2 rings (SSSR count). The molecule has 0 aliphatic heterocycles. The van der Waals surface area contributed by atoms with Gasteiger partial charge in [0.1, 0.15) is 5.75 Å². The summed E-state index contributed by atoms with van der Waals surface area (Å²) in [5, 5.41) is 15.9. The molecule has 0 saturated heterocycles. The topological polar surface area (TPSA) is 93.5 Å². The van der Waals surface area contributed by atoms with Crippen molar-refractivity contribution in [2.24, 2.45) is 7.05 Å². The van der Waals surface area contributed by atoms with Crippen LogP contribution in [0.1, 0.15) is 26.4 Å². The standard InChI is InChI=1S/C14H15N3O4/c1-8-11(7-17(2)16-8)13(18)15-12-5-4-9(21-3)6-10(12)14(19)20/h4-7H,1-3H3,(H,15,18)(H,19,20). The third kappa shape index (κ3) is 3.02. The molecule has 0 aliphatic carbocycles. The van der Waals surface area contributed by atoms with Gasteiger partial charge in [0.25, 0.3) is 5.91 Å². The number of nitrogens with one attached hydrogen (secondary N) is 1. The lowest BCUT2D eigenvalue weighted by Crippen LogP contribution is -2.15. The highest BCUT2D eigenvalue weighted by Crippen LogP contribution is 2.23. The summed E-state index contributed by atoms with van der Waals surface area (Å²) >= 11 is 0. The van der Waals surface area contributed by atoms with Gasteiger partial charge in [0, 0.05) is 13.2 Å². The van der Waals surface area contributed by atoms with E-state index in [0.717, 1.165) is 0 Å². The normalized spacial score (nSPS) is 10.2. The number of carbonyl (C=O) groups excluding carboxylic acids is 1. The number of amides is 1. The Labute approximate surface area is 121 Å². The van der Waals surface area contributed by atoms with Crippen LogP contribution in [-0.4, -0.2) is 33.9 Å². The zero-order valence-corrected chi connectivity index (χ0v) is 11.9. The van der Waals surface area contributed by atoms with Gasteiger partial charge in [-0.2, -0.15) is 5.10 Å². The van der Waals surface area contributed by atoms with E-state index in [0.29, 0.717) is 17.0 Å². The van der Waals surface area contributed by atoms with E-state index < -0.39 is 11.9 Å². The van der Waals surface area contributed by atoms with Crippen molar-refractivity contribution in [2.45, 2.75) is 6.92 Å². The molecular formula is C14H15N3O4. The SMILES string of the molecule is COc1ccc(NC(=O)c2cn(C)nc2C)c(C(=O)O)c1. The Bertz CT molecular complexity index is 706. The summed E-state index contributed by atoms with van der Waals surface area (Å²) < 4.78 is 6.51. The molecular weight excluding hydrogens is 274 g/mol. The van der Waals surface area contributed by atoms with Crippen LogP contribution in [0.25, 0.3) is 0 Å². The molecule has 2 N–H and O–H groups in total. The molecule has 1 aromatic carbocycles. The number of hydrogen-bond donors (Lipinski definition) is 2. The maximum Gasteiger partial charge on any atom is 0.337 e. The molecule has 0 spiro atoms. The fourth-order valence-electron chi connectivity index (χ4n) is 1.95. The van der Waals surface area contributed by atoms with Crippen molar-refractivity contribution < 1.29 is 19.4 Å². The second-order valence-corrected chi connectivity index (χ2v) is 4.47. The van der Waals surface area contributed by atoms with Crippen molar-refractivity contribution in [1.29, 1.82) is 0 Å². The Hall–Kier alpha value is -2.83. The Balaban J connectivity index is 2.33. The quantitative estimate of drug-likeness (QED) is 0.893.